The summed E-state index contributed by atoms with van der Waals surface area (Å²) in [6.07, 6.45) is 3.72. The van der Waals surface area contributed by atoms with E-state index in [4.69, 9.17) is 9.73 Å². The van der Waals surface area contributed by atoms with Gasteiger partial charge in [0.25, 0.3) is 5.56 Å². The number of fused-ring (bicyclic) bond motifs is 3. The van der Waals surface area contributed by atoms with Crippen LogP contribution in [0.25, 0.3) is 11.8 Å². The molecule has 186 valence electrons. The Morgan fingerprint density at radius 1 is 1.05 bits per heavy atom. The summed E-state index contributed by atoms with van der Waals surface area (Å²) in [5, 5.41) is 0. The van der Waals surface area contributed by atoms with E-state index in [0.29, 0.717) is 21.7 Å². The summed E-state index contributed by atoms with van der Waals surface area (Å²) in [6.45, 7) is 2.48. The first-order valence-corrected chi connectivity index (χ1v) is 15.1. The molecule has 0 saturated heterocycles. The molecule has 4 aromatic rings. The van der Waals surface area contributed by atoms with Crippen LogP contribution in [0.4, 0.5) is 0 Å². The highest BCUT2D eigenvalue weighted by atomic mass is 79.9. The number of hydrogen-bond acceptors (Lipinski definition) is 4. The van der Waals surface area contributed by atoms with E-state index < -0.39 is 0 Å². The maximum absolute atomic E-state index is 14.0. The molecule has 1 aliphatic carbocycles. The van der Waals surface area contributed by atoms with Gasteiger partial charge in [-0.2, -0.15) is 0 Å². The van der Waals surface area contributed by atoms with E-state index in [1.807, 2.05) is 41.8 Å². The smallest absolute Gasteiger partial charge is 0.271 e. The van der Waals surface area contributed by atoms with Crippen molar-refractivity contribution in [1.29, 1.82) is 0 Å². The van der Waals surface area contributed by atoms with Crippen LogP contribution in [0.3, 0.4) is 0 Å². The minimum Gasteiger partial charge on any atom is -0.492 e. The van der Waals surface area contributed by atoms with E-state index in [2.05, 4.69) is 84.2 Å². The molecule has 0 spiro atoms. The fourth-order valence-corrected chi connectivity index (χ4v) is 7.72. The largest absolute Gasteiger partial charge is 0.492 e. The van der Waals surface area contributed by atoms with Gasteiger partial charge in [-0.1, -0.05) is 79.6 Å². The Kier molecular flexibility index (Phi) is 6.86. The van der Waals surface area contributed by atoms with Gasteiger partial charge >= 0.3 is 0 Å². The van der Waals surface area contributed by atoms with Crippen LogP contribution in [-0.4, -0.2) is 11.2 Å². The molecule has 4 nitrogen and oxygen atoms in total. The fraction of sp³-hybridized carbons (Fsp3) is 0.172. The number of thiazole rings is 1. The van der Waals surface area contributed by atoms with Crippen molar-refractivity contribution in [2.45, 2.75) is 25.8 Å². The van der Waals surface area contributed by atoms with Crippen molar-refractivity contribution in [2.75, 3.05) is 6.61 Å². The first-order valence-electron chi connectivity index (χ1n) is 11.9. The van der Waals surface area contributed by atoms with Gasteiger partial charge in [-0.05, 0) is 82.7 Å². The number of ether oxygens (including phenoxy) is 1. The van der Waals surface area contributed by atoms with Crippen molar-refractivity contribution in [1.82, 2.24) is 4.57 Å². The zero-order chi connectivity index (χ0) is 25.7. The number of aryl methyl sites for hydroxylation is 1. The summed E-state index contributed by atoms with van der Waals surface area (Å²) in [4.78, 5) is 19.8. The molecule has 8 heteroatoms. The number of allylic oxidation sites excluding steroid dienone is 1. The second kappa shape index (κ2) is 10.1. The van der Waals surface area contributed by atoms with Crippen LogP contribution in [0.5, 0.6) is 5.75 Å². The number of nitrogens with zero attached hydrogens (tertiary/aromatic N) is 2. The molecule has 6 rings (SSSR count). The highest BCUT2D eigenvalue weighted by Crippen LogP contribution is 2.41. The van der Waals surface area contributed by atoms with E-state index >= 15 is 0 Å². The predicted octanol–water partition coefficient (Wildman–Crippen LogP) is 7.00. The quantitative estimate of drug-likeness (QED) is 0.230. The average molecular weight is 701 g/mol. The number of hydrogen-bond donors (Lipinski definition) is 0. The Labute approximate surface area is 243 Å². The van der Waals surface area contributed by atoms with Gasteiger partial charge in [0, 0.05) is 20.1 Å². The van der Waals surface area contributed by atoms with Crippen LogP contribution < -0.4 is 19.6 Å². The van der Waals surface area contributed by atoms with Crippen molar-refractivity contribution < 1.29 is 4.74 Å². The van der Waals surface area contributed by atoms with Crippen LogP contribution in [0.2, 0.25) is 0 Å². The molecule has 37 heavy (non-hydrogen) atoms. The van der Waals surface area contributed by atoms with Crippen molar-refractivity contribution in [2.24, 2.45) is 4.99 Å². The molecule has 1 atom stereocenters. The minimum absolute atomic E-state index is 0.0411. The van der Waals surface area contributed by atoms with Gasteiger partial charge in [-0.3, -0.25) is 9.36 Å². The van der Waals surface area contributed by atoms with Crippen LogP contribution in [0.1, 0.15) is 41.6 Å². The van der Waals surface area contributed by atoms with Gasteiger partial charge in [0.15, 0.2) is 4.80 Å². The van der Waals surface area contributed by atoms with E-state index in [0.717, 1.165) is 48.6 Å². The lowest BCUT2D eigenvalue weighted by molar-refractivity contribution is 0.337. The maximum Gasteiger partial charge on any atom is 0.271 e. The summed E-state index contributed by atoms with van der Waals surface area (Å²) in [7, 11) is 0. The summed E-state index contributed by atoms with van der Waals surface area (Å²) in [6, 6.07) is 20.5. The standard InChI is InChI=1S/C29H21Br3N2O2S/c1-2-36-27-18(13-20(31)15-23(27)32)14-24-28(35)34-26(17-7-10-19(30)11-8-17)22-12-9-16-5-3-4-6-21(16)25(22)33-29(34)37-24/h3-8,10-11,13-15,26H,2,9,12H2,1H3/b24-14+/t26-/m0/s1. The van der Waals surface area contributed by atoms with Crippen molar-refractivity contribution in [3.8, 4) is 5.75 Å². The molecular formula is C29H21Br3N2O2S. The molecule has 3 aromatic carbocycles. The summed E-state index contributed by atoms with van der Waals surface area (Å²) in [5.41, 5.74) is 6.54. The zero-order valence-electron chi connectivity index (χ0n) is 19.8. The van der Waals surface area contributed by atoms with E-state index in [1.54, 1.807) is 0 Å². The molecule has 0 fully saturated rings. The Morgan fingerprint density at radius 3 is 2.62 bits per heavy atom. The maximum atomic E-state index is 14.0. The van der Waals surface area contributed by atoms with Gasteiger partial charge in [0.1, 0.15) is 5.75 Å². The molecule has 0 saturated carbocycles. The first-order chi connectivity index (χ1) is 17.9. The molecule has 0 N–H and O–H groups in total. The van der Waals surface area contributed by atoms with Gasteiger partial charge in [-0.25, -0.2) is 4.99 Å². The van der Waals surface area contributed by atoms with E-state index in [-0.39, 0.29) is 11.6 Å². The van der Waals surface area contributed by atoms with Crippen LogP contribution in [-0.2, 0) is 6.42 Å². The fourth-order valence-electron chi connectivity index (χ4n) is 5.09. The third-order valence-electron chi connectivity index (χ3n) is 6.67. The lowest BCUT2D eigenvalue weighted by Crippen LogP contribution is -2.38. The molecule has 0 unspecified atom stereocenters. The second-order valence-corrected chi connectivity index (χ2v) is 12.6. The first kappa shape index (κ1) is 25.0. The molecular weight excluding hydrogens is 680 g/mol. The normalized spacial score (nSPS) is 16.6. The second-order valence-electron chi connectivity index (χ2n) is 8.90. The Morgan fingerprint density at radius 2 is 1.84 bits per heavy atom. The van der Waals surface area contributed by atoms with Crippen LogP contribution >= 0.6 is 59.1 Å². The van der Waals surface area contributed by atoms with Crippen LogP contribution in [0.15, 0.2) is 89.4 Å². The Balaban J connectivity index is 1.62. The topological polar surface area (TPSA) is 43.6 Å². The molecule has 2 heterocycles. The number of aromatic nitrogens is 1. The summed E-state index contributed by atoms with van der Waals surface area (Å²) < 4.78 is 11.2. The highest BCUT2D eigenvalue weighted by molar-refractivity contribution is 9.11. The minimum atomic E-state index is -0.199. The lowest BCUT2D eigenvalue weighted by Gasteiger charge is -2.30. The summed E-state index contributed by atoms with van der Waals surface area (Å²) in [5.74, 6) is 0.717. The van der Waals surface area contributed by atoms with Crippen molar-refractivity contribution in [3.63, 3.8) is 0 Å². The summed E-state index contributed by atoms with van der Waals surface area (Å²) >= 11 is 12.2. The Hall–Kier alpha value is -2.26. The van der Waals surface area contributed by atoms with Gasteiger partial charge < -0.3 is 4.74 Å². The monoisotopic (exact) mass is 698 g/mol. The molecule has 2 aliphatic rings. The molecule has 0 amide bonds. The SMILES string of the molecule is CCOc1c(Br)cc(Br)cc1/C=c1/sc2n(c1=O)[C@@H](c1ccc(Br)cc1)C1=C(N=2)c2ccccc2CC1. The number of halogens is 3. The lowest BCUT2D eigenvalue weighted by atomic mass is 9.83. The molecule has 0 radical (unpaired) electrons. The van der Waals surface area contributed by atoms with Crippen LogP contribution in [0, 0.1) is 0 Å². The van der Waals surface area contributed by atoms with E-state index in [9.17, 15) is 4.79 Å². The zero-order valence-corrected chi connectivity index (χ0v) is 25.4. The molecule has 1 aliphatic heterocycles. The van der Waals surface area contributed by atoms with E-state index in [1.165, 1.54) is 22.5 Å². The molecule has 0 bridgehead atoms. The number of rotatable bonds is 4. The third-order valence-corrected chi connectivity index (χ3v) is 9.23. The van der Waals surface area contributed by atoms with Gasteiger partial charge in [0.05, 0.1) is 27.4 Å². The van der Waals surface area contributed by atoms with Gasteiger partial charge in [0.2, 0.25) is 0 Å². The Bertz CT molecular complexity index is 1750. The van der Waals surface area contributed by atoms with Crippen molar-refractivity contribution in [3.05, 3.63) is 122 Å². The average Bonchev–Trinajstić information content (AvgIpc) is 3.20. The van der Waals surface area contributed by atoms with Gasteiger partial charge in [-0.15, -0.1) is 0 Å². The number of benzene rings is 3. The predicted molar refractivity (Wildman–Crippen MR) is 160 cm³/mol. The third kappa shape index (κ3) is 4.52. The molecule has 1 aromatic heterocycles. The highest BCUT2D eigenvalue weighted by Gasteiger charge is 2.32. The van der Waals surface area contributed by atoms with Crippen molar-refractivity contribution >= 4 is 70.9 Å².